The standard InChI is InChI=1S/C12H14O3S/c1-9(13)16-7-3-4-10-5-6-11(14)8-12(10)15-2/h3-6,8,14H,7H2,1-2H3. The Balaban J connectivity index is 2.69. The minimum absolute atomic E-state index is 0.0994. The van der Waals surface area contributed by atoms with Crippen molar-refractivity contribution in [2.24, 2.45) is 0 Å². The zero-order chi connectivity index (χ0) is 12.0. The number of phenolic OH excluding ortho intramolecular Hbond substituents is 1. The van der Waals surface area contributed by atoms with E-state index >= 15 is 0 Å². The number of hydrogen-bond donors (Lipinski definition) is 1. The van der Waals surface area contributed by atoms with Crippen LogP contribution in [-0.4, -0.2) is 23.1 Å². The number of carbonyl (C=O) groups is 1. The molecule has 86 valence electrons. The summed E-state index contributed by atoms with van der Waals surface area (Å²) in [7, 11) is 1.55. The topological polar surface area (TPSA) is 46.5 Å². The third-order valence-corrected chi connectivity index (χ3v) is 2.66. The molecule has 0 aliphatic carbocycles. The summed E-state index contributed by atoms with van der Waals surface area (Å²) in [5.41, 5.74) is 0.879. The summed E-state index contributed by atoms with van der Waals surface area (Å²) in [5, 5.41) is 9.36. The first-order chi connectivity index (χ1) is 7.63. The second-order valence-corrected chi connectivity index (χ2v) is 4.33. The fourth-order valence-electron chi connectivity index (χ4n) is 1.18. The van der Waals surface area contributed by atoms with Crippen LogP contribution in [0.15, 0.2) is 24.3 Å². The van der Waals surface area contributed by atoms with Gasteiger partial charge in [0.25, 0.3) is 0 Å². The molecule has 0 aromatic heterocycles. The molecule has 16 heavy (non-hydrogen) atoms. The minimum atomic E-state index is 0.0994. The number of ether oxygens (including phenoxy) is 1. The molecule has 0 bridgehead atoms. The number of rotatable bonds is 4. The third kappa shape index (κ3) is 3.98. The molecule has 0 saturated carbocycles. The Hall–Kier alpha value is -1.42. The zero-order valence-electron chi connectivity index (χ0n) is 9.27. The van der Waals surface area contributed by atoms with Crippen LogP contribution < -0.4 is 4.74 Å². The summed E-state index contributed by atoms with van der Waals surface area (Å²) in [6.07, 6.45) is 3.76. The Morgan fingerprint density at radius 1 is 1.56 bits per heavy atom. The second-order valence-electron chi connectivity index (χ2n) is 3.13. The van der Waals surface area contributed by atoms with Gasteiger partial charge in [-0.25, -0.2) is 0 Å². The minimum Gasteiger partial charge on any atom is -0.508 e. The van der Waals surface area contributed by atoms with Gasteiger partial charge in [0.2, 0.25) is 0 Å². The van der Waals surface area contributed by atoms with Crippen LogP contribution in [0.5, 0.6) is 11.5 Å². The Kier molecular flexibility index (Phi) is 4.92. The largest absolute Gasteiger partial charge is 0.508 e. The molecule has 3 nitrogen and oxygen atoms in total. The molecule has 0 unspecified atom stereocenters. The van der Waals surface area contributed by atoms with Gasteiger partial charge in [0, 0.05) is 24.3 Å². The van der Waals surface area contributed by atoms with Crippen LogP contribution in [0.25, 0.3) is 6.08 Å². The lowest BCUT2D eigenvalue weighted by atomic mass is 10.2. The maximum absolute atomic E-state index is 10.7. The van der Waals surface area contributed by atoms with Crippen LogP contribution in [0, 0.1) is 0 Å². The predicted octanol–water partition coefficient (Wildman–Crippen LogP) is 2.69. The Labute approximate surface area is 99.1 Å². The molecule has 1 aromatic rings. The van der Waals surface area contributed by atoms with Gasteiger partial charge in [0.15, 0.2) is 5.12 Å². The molecule has 0 aliphatic heterocycles. The summed E-state index contributed by atoms with van der Waals surface area (Å²) >= 11 is 1.25. The van der Waals surface area contributed by atoms with E-state index in [4.69, 9.17) is 4.74 Å². The van der Waals surface area contributed by atoms with Gasteiger partial charge < -0.3 is 9.84 Å². The highest BCUT2D eigenvalue weighted by Crippen LogP contribution is 2.24. The van der Waals surface area contributed by atoms with Crippen LogP contribution in [0.3, 0.4) is 0 Å². The average molecular weight is 238 g/mol. The molecule has 0 saturated heterocycles. The average Bonchev–Trinajstić information content (AvgIpc) is 2.25. The Bertz CT molecular complexity index is 399. The van der Waals surface area contributed by atoms with Crippen LogP contribution >= 0.6 is 11.8 Å². The van der Waals surface area contributed by atoms with E-state index in [1.165, 1.54) is 11.8 Å². The molecule has 0 heterocycles. The van der Waals surface area contributed by atoms with Gasteiger partial charge in [0.1, 0.15) is 11.5 Å². The number of hydrogen-bond acceptors (Lipinski definition) is 4. The lowest BCUT2D eigenvalue weighted by Gasteiger charge is -2.04. The molecule has 0 radical (unpaired) electrons. The number of benzene rings is 1. The van der Waals surface area contributed by atoms with Gasteiger partial charge in [-0.3, -0.25) is 4.79 Å². The number of methoxy groups -OCH3 is 1. The van der Waals surface area contributed by atoms with E-state index in [1.807, 2.05) is 12.2 Å². The summed E-state index contributed by atoms with van der Waals surface area (Å²) in [6, 6.07) is 4.92. The van der Waals surface area contributed by atoms with Crippen LogP contribution in [0.4, 0.5) is 0 Å². The van der Waals surface area contributed by atoms with Crippen molar-refractivity contribution >= 4 is 23.0 Å². The fourth-order valence-corrected chi connectivity index (χ4v) is 1.61. The fraction of sp³-hybridized carbons (Fsp3) is 0.250. The Morgan fingerprint density at radius 3 is 2.94 bits per heavy atom. The molecule has 4 heteroatoms. The van der Waals surface area contributed by atoms with Gasteiger partial charge in [-0.1, -0.05) is 23.9 Å². The molecule has 0 spiro atoms. The summed E-state index contributed by atoms with van der Waals surface area (Å²) in [6.45, 7) is 1.54. The molecule has 0 amide bonds. The smallest absolute Gasteiger partial charge is 0.186 e. The van der Waals surface area contributed by atoms with Gasteiger partial charge >= 0.3 is 0 Å². The number of phenols is 1. The molecule has 0 fully saturated rings. The number of carbonyl (C=O) groups excluding carboxylic acids is 1. The lowest BCUT2D eigenvalue weighted by Crippen LogP contribution is -1.87. The zero-order valence-corrected chi connectivity index (χ0v) is 10.1. The second kappa shape index (κ2) is 6.23. The van der Waals surface area contributed by atoms with E-state index in [-0.39, 0.29) is 10.9 Å². The monoisotopic (exact) mass is 238 g/mol. The normalized spacial score (nSPS) is 10.6. The van der Waals surface area contributed by atoms with Crippen molar-refractivity contribution in [1.82, 2.24) is 0 Å². The van der Waals surface area contributed by atoms with E-state index in [2.05, 4.69) is 0 Å². The van der Waals surface area contributed by atoms with Gasteiger partial charge in [0.05, 0.1) is 7.11 Å². The van der Waals surface area contributed by atoms with Crippen molar-refractivity contribution in [3.05, 3.63) is 29.8 Å². The first-order valence-electron chi connectivity index (χ1n) is 4.80. The first kappa shape index (κ1) is 12.6. The summed E-state index contributed by atoms with van der Waals surface area (Å²) in [4.78, 5) is 10.7. The highest BCUT2D eigenvalue weighted by molar-refractivity contribution is 8.13. The molecule has 0 aliphatic rings. The van der Waals surface area contributed by atoms with Crippen molar-refractivity contribution in [2.75, 3.05) is 12.9 Å². The van der Waals surface area contributed by atoms with E-state index in [9.17, 15) is 9.90 Å². The maximum atomic E-state index is 10.7. The number of aromatic hydroxyl groups is 1. The van der Waals surface area contributed by atoms with E-state index in [0.29, 0.717) is 11.5 Å². The SMILES string of the molecule is COc1cc(O)ccc1C=CCSC(C)=O. The van der Waals surface area contributed by atoms with Gasteiger partial charge in [-0.05, 0) is 12.1 Å². The van der Waals surface area contributed by atoms with Gasteiger partial charge in [-0.15, -0.1) is 0 Å². The van der Waals surface area contributed by atoms with E-state index in [0.717, 1.165) is 5.56 Å². The van der Waals surface area contributed by atoms with E-state index < -0.39 is 0 Å². The quantitative estimate of drug-likeness (QED) is 0.876. The van der Waals surface area contributed by atoms with Crippen molar-refractivity contribution in [3.63, 3.8) is 0 Å². The molecule has 0 atom stereocenters. The van der Waals surface area contributed by atoms with Crippen molar-refractivity contribution in [3.8, 4) is 11.5 Å². The molecule has 1 rings (SSSR count). The van der Waals surface area contributed by atoms with Crippen LogP contribution in [-0.2, 0) is 4.79 Å². The van der Waals surface area contributed by atoms with Gasteiger partial charge in [-0.2, -0.15) is 0 Å². The predicted molar refractivity (Wildman–Crippen MR) is 66.8 cm³/mol. The third-order valence-electron chi connectivity index (χ3n) is 1.90. The summed E-state index contributed by atoms with van der Waals surface area (Å²) in [5.74, 6) is 1.43. The van der Waals surface area contributed by atoms with Crippen LogP contribution in [0.1, 0.15) is 12.5 Å². The van der Waals surface area contributed by atoms with Crippen molar-refractivity contribution in [1.29, 1.82) is 0 Å². The molecule has 1 aromatic carbocycles. The Morgan fingerprint density at radius 2 is 2.31 bits per heavy atom. The molecule has 1 N–H and O–H groups in total. The van der Waals surface area contributed by atoms with Crippen molar-refractivity contribution in [2.45, 2.75) is 6.92 Å². The van der Waals surface area contributed by atoms with E-state index in [1.54, 1.807) is 32.2 Å². The molecular weight excluding hydrogens is 224 g/mol. The maximum Gasteiger partial charge on any atom is 0.186 e. The molecular formula is C12H14O3S. The van der Waals surface area contributed by atoms with Crippen molar-refractivity contribution < 1.29 is 14.6 Å². The number of thioether (sulfide) groups is 1. The first-order valence-corrected chi connectivity index (χ1v) is 5.79. The highest BCUT2D eigenvalue weighted by atomic mass is 32.2. The summed E-state index contributed by atoms with van der Waals surface area (Å²) < 4.78 is 5.12. The lowest BCUT2D eigenvalue weighted by molar-refractivity contribution is -0.109. The highest BCUT2D eigenvalue weighted by Gasteiger charge is 2.00. The van der Waals surface area contributed by atoms with Crippen LogP contribution in [0.2, 0.25) is 0 Å².